The number of ether oxygens (including phenoxy) is 1. The van der Waals surface area contributed by atoms with Crippen LogP contribution in [0.2, 0.25) is 0 Å². The minimum atomic E-state index is -0.993. The number of nitrogens with zero attached hydrogens (tertiary/aromatic N) is 1. The predicted molar refractivity (Wildman–Crippen MR) is 96.7 cm³/mol. The summed E-state index contributed by atoms with van der Waals surface area (Å²) in [6, 6.07) is 3.68. The van der Waals surface area contributed by atoms with E-state index in [-0.39, 0.29) is 11.8 Å². The van der Waals surface area contributed by atoms with E-state index in [9.17, 15) is 14.7 Å². The molecule has 4 atom stereocenters. The van der Waals surface area contributed by atoms with Crippen LogP contribution in [0.3, 0.4) is 0 Å². The van der Waals surface area contributed by atoms with Crippen LogP contribution in [0.4, 0.5) is 0 Å². The maximum Gasteiger partial charge on any atom is 0.252 e. The number of ketones is 1. The predicted octanol–water partition coefficient (Wildman–Crippen LogP) is 0.919. The van der Waals surface area contributed by atoms with E-state index < -0.39 is 23.0 Å². The Hall–Kier alpha value is -1.92. The number of amides is 1. The summed E-state index contributed by atoms with van der Waals surface area (Å²) in [4.78, 5) is 27.3. The van der Waals surface area contributed by atoms with Gasteiger partial charge in [0, 0.05) is 24.6 Å². The normalized spacial score (nSPS) is 39.1. The topological polar surface area (TPSA) is 92.9 Å². The molecule has 1 amide bonds. The molecule has 142 valence electrons. The van der Waals surface area contributed by atoms with Crippen molar-refractivity contribution in [1.82, 2.24) is 4.90 Å². The third-order valence-corrected chi connectivity index (χ3v) is 7.84. The third-order valence-electron chi connectivity index (χ3n) is 7.84. The van der Waals surface area contributed by atoms with Gasteiger partial charge in [0.25, 0.3) is 5.91 Å². The van der Waals surface area contributed by atoms with Crippen molar-refractivity contribution in [2.24, 2.45) is 11.7 Å². The summed E-state index contributed by atoms with van der Waals surface area (Å²) >= 11 is 0. The van der Waals surface area contributed by atoms with Crippen LogP contribution in [0.25, 0.3) is 0 Å². The van der Waals surface area contributed by atoms with E-state index in [1.54, 1.807) is 6.07 Å². The zero-order valence-corrected chi connectivity index (χ0v) is 15.2. The molecule has 1 aromatic rings. The molecule has 1 aromatic carbocycles. The molecule has 0 radical (unpaired) electrons. The van der Waals surface area contributed by atoms with Gasteiger partial charge in [-0.05, 0) is 56.2 Å². The van der Waals surface area contributed by atoms with Gasteiger partial charge in [0.1, 0.15) is 5.75 Å². The van der Waals surface area contributed by atoms with Crippen LogP contribution in [-0.4, -0.2) is 52.5 Å². The number of primary amides is 1. The number of hydrogen-bond donors (Lipinski definition) is 2. The van der Waals surface area contributed by atoms with Crippen LogP contribution in [0.5, 0.6) is 5.75 Å². The Balaban J connectivity index is 1.58. The number of Topliss-reactive ketones (excluding diaryl/α,β-unsaturated/α-hetero) is 1. The highest BCUT2D eigenvalue weighted by molar-refractivity contribution is 5.98. The number of piperidine rings is 1. The smallest absolute Gasteiger partial charge is 0.252 e. The van der Waals surface area contributed by atoms with Gasteiger partial charge in [-0.1, -0.05) is 6.07 Å². The molecule has 2 unspecified atom stereocenters. The zero-order chi connectivity index (χ0) is 18.6. The highest BCUT2D eigenvalue weighted by atomic mass is 16.5. The van der Waals surface area contributed by atoms with Crippen molar-refractivity contribution in [3.63, 3.8) is 0 Å². The molecule has 27 heavy (non-hydrogen) atoms. The van der Waals surface area contributed by atoms with E-state index in [0.29, 0.717) is 30.6 Å². The summed E-state index contributed by atoms with van der Waals surface area (Å²) < 4.78 is 6.15. The number of nitrogens with two attached hydrogens (primary N) is 1. The van der Waals surface area contributed by atoms with Gasteiger partial charge in [-0.15, -0.1) is 0 Å². The molecule has 3 fully saturated rings. The van der Waals surface area contributed by atoms with Crippen molar-refractivity contribution in [3.05, 3.63) is 28.8 Å². The number of aliphatic hydroxyl groups is 1. The first-order valence-corrected chi connectivity index (χ1v) is 10.1. The summed E-state index contributed by atoms with van der Waals surface area (Å²) in [7, 11) is 0. The Labute approximate surface area is 157 Å². The van der Waals surface area contributed by atoms with Crippen molar-refractivity contribution in [2.45, 2.75) is 61.7 Å². The Morgan fingerprint density at radius 2 is 2.15 bits per heavy atom. The first-order valence-electron chi connectivity index (χ1n) is 10.1. The Morgan fingerprint density at radius 1 is 1.33 bits per heavy atom. The van der Waals surface area contributed by atoms with E-state index in [4.69, 9.17) is 10.5 Å². The van der Waals surface area contributed by atoms with Crippen molar-refractivity contribution in [3.8, 4) is 5.75 Å². The standard InChI is InChI=1S/C21H24N2O4/c22-19(25)13-4-3-12-9-15-21(26)6-5-14(24)18-20(21,16(12)17(13)27-18)7-8-23(15)10-11-1-2-11/h3-4,11,15,18,26H,1-2,5-10H2,(H2,22,25)/t15?,18-,20-,21?/m0/s1. The Morgan fingerprint density at radius 3 is 2.89 bits per heavy atom. The maximum absolute atomic E-state index is 12.8. The molecule has 2 saturated carbocycles. The molecule has 0 aromatic heterocycles. The molecule has 6 nitrogen and oxygen atoms in total. The van der Waals surface area contributed by atoms with Gasteiger partial charge in [-0.3, -0.25) is 14.5 Å². The molecular formula is C21H24N2O4. The largest absolute Gasteiger partial charge is 0.480 e. The molecule has 6 heteroatoms. The number of carbonyl (C=O) groups is 2. The fourth-order valence-electron chi connectivity index (χ4n) is 6.47. The Bertz CT molecular complexity index is 894. The van der Waals surface area contributed by atoms with Crippen LogP contribution >= 0.6 is 0 Å². The first-order chi connectivity index (χ1) is 13.0. The van der Waals surface area contributed by atoms with Gasteiger partial charge in [-0.2, -0.15) is 0 Å². The zero-order valence-electron chi connectivity index (χ0n) is 15.2. The molecule has 5 aliphatic rings. The fraction of sp³-hybridized carbons (Fsp3) is 0.619. The highest BCUT2D eigenvalue weighted by Crippen LogP contribution is 2.64. The van der Waals surface area contributed by atoms with E-state index in [2.05, 4.69) is 4.90 Å². The van der Waals surface area contributed by atoms with Crippen molar-refractivity contribution >= 4 is 11.7 Å². The van der Waals surface area contributed by atoms with Crippen molar-refractivity contribution in [1.29, 1.82) is 0 Å². The number of likely N-dealkylation sites (tertiary alicyclic amines) is 1. The molecule has 1 saturated heterocycles. The highest BCUT2D eigenvalue weighted by Gasteiger charge is 2.73. The summed E-state index contributed by atoms with van der Waals surface area (Å²) in [6.45, 7) is 1.89. The second kappa shape index (κ2) is 4.92. The summed E-state index contributed by atoms with van der Waals surface area (Å²) in [5, 5.41) is 12.1. The van der Waals surface area contributed by atoms with Crippen LogP contribution in [-0.2, 0) is 16.6 Å². The van der Waals surface area contributed by atoms with Gasteiger partial charge in [0.15, 0.2) is 11.9 Å². The van der Waals surface area contributed by atoms with Crippen LogP contribution in [0, 0.1) is 5.92 Å². The van der Waals surface area contributed by atoms with Crippen molar-refractivity contribution in [2.75, 3.05) is 13.1 Å². The molecule has 2 bridgehead atoms. The SMILES string of the molecule is NC(=O)c1ccc2c3c1O[C@H]1C(=O)CCC4(O)C(C2)N(CC2CC2)CC[C@]314. The molecule has 1 spiro atoms. The third kappa shape index (κ3) is 1.79. The quantitative estimate of drug-likeness (QED) is 0.828. The maximum atomic E-state index is 12.8. The molecule has 6 rings (SSSR count). The van der Waals surface area contributed by atoms with Crippen LogP contribution in [0.1, 0.15) is 53.6 Å². The fourth-order valence-corrected chi connectivity index (χ4v) is 6.47. The lowest BCUT2D eigenvalue weighted by molar-refractivity contribution is -0.188. The van der Waals surface area contributed by atoms with Gasteiger partial charge in [0.2, 0.25) is 0 Å². The lowest BCUT2D eigenvalue weighted by Crippen LogP contribution is -2.76. The average molecular weight is 368 g/mol. The second-order valence-corrected chi connectivity index (χ2v) is 9.11. The van der Waals surface area contributed by atoms with Gasteiger partial charge in [-0.25, -0.2) is 0 Å². The van der Waals surface area contributed by atoms with Gasteiger partial charge < -0.3 is 15.6 Å². The minimum absolute atomic E-state index is 0.00364. The Kier molecular flexibility index (Phi) is 2.93. The van der Waals surface area contributed by atoms with Crippen LogP contribution in [0.15, 0.2) is 12.1 Å². The molecular weight excluding hydrogens is 344 g/mol. The second-order valence-electron chi connectivity index (χ2n) is 9.11. The number of carbonyl (C=O) groups excluding carboxylic acids is 2. The van der Waals surface area contributed by atoms with E-state index in [0.717, 1.165) is 36.6 Å². The lowest BCUT2D eigenvalue weighted by Gasteiger charge is -2.62. The lowest BCUT2D eigenvalue weighted by atomic mass is 9.49. The summed E-state index contributed by atoms with van der Waals surface area (Å²) in [5.41, 5.74) is 6.17. The summed E-state index contributed by atoms with van der Waals surface area (Å²) in [6.07, 6.45) is 4.07. The average Bonchev–Trinajstić information content (AvgIpc) is 3.37. The summed E-state index contributed by atoms with van der Waals surface area (Å²) in [5.74, 6) is 0.686. The number of rotatable bonds is 3. The molecule has 2 heterocycles. The number of hydrogen-bond acceptors (Lipinski definition) is 5. The van der Waals surface area contributed by atoms with E-state index in [1.807, 2.05) is 6.07 Å². The monoisotopic (exact) mass is 368 g/mol. The first kappa shape index (κ1) is 16.1. The van der Waals surface area contributed by atoms with E-state index in [1.165, 1.54) is 12.8 Å². The molecule has 3 aliphatic carbocycles. The van der Waals surface area contributed by atoms with E-state index >= 15 is 0 Å². The van der Waals surface area contributed by atoms with Gasteiger partial charge >= 0.3 is 0 Å². The minimum Gasteiger partial charge on any atom is -0.480 e. The van der Waals surface area contributed by atoms with Crippen molar-refractivity contribution < 1.29 is 19.4 Å². The van der Waals surface area contributed by atoms with Crippen LogP contribution < -0.4 is 10.5 Å². The van der Waals surface area contributed by atoms with Gasteiger partial charge in [0.05, 0.1) is 16.6 Å². The molecule has 3 N–H and O–H groups in total. The molecule has 2 aliphatic heterocycles. The number of benzene rings is 1.